The van der Waals surface area contributed by atoms with Crippen LogP contribution in [0.4, 0.5) is 13.2 Å². The van der Waals surface area contributed by atoms with Crippen LogP contribution < -0.4 is 5.43 Å². The van der Waals surface area contributed by atoms with Crippen molar-refractivity contribution >= 4 is 12.1 Å². The number of nitrogens with one attached hydrogen (secondary N) is 1. The Morgan fingerprint density at radius 1 is 1.04 bits per heavy atom. The number of hydrazone groups is 1. The number of furan rings is 1. The van der Waals surface area contributed by atoms with Gasteiger partial charge in [0, 0.05) is 5.56 Å². The maximum absolute atomic E-state index is 12.8. The Kier molecular flexibility index (Phi) is 5.40. The molecule has 0 saturated carbocycles. The monoisotopic (exact) mass is 372 g/mol. The van der Waals surface area contributed by atoms with Gasteiger partial charge in [0.1, 0.15) is 11.5 Å². The second-order valence-electron chi connectivity index (χ2n) is 5.74. The lowest BCUT2D eigenvalue weighted by atomic mass is 10.1. The smallest absolute Gasteiger partial charge is 0.416 e. The van der Waals surface area contributed by atoms with Crippen LogP contribution in [0.3, 0.4) is 0 Å². The molecule has 27 heavy (non-hydrogen) atoms. The molecule has 0 radical (unpaired) electrons. The highest BCUT2D eigenvalue weighted by molar-refractivity contribution is 5.82. The van der Waals surface area contributed by atoms with Crippen molar-refractivity contribution in [3.05, 3.63) is 83.6 Å². The summed E-state index contributed by atoms with van der Waals surface area (Å²) in [6.07, 6.45) is -2.94. The summed E-state index contributed by atoms with van der Waals surface area (Å²) in [7, 11) is 0. The van der Waals surface area contributed by atoms with Crippen LogP contribution in [0.15, 0.2) is 76.2 Å². The number of nitrogens with zero attached hydrogens (tertiary/aromatic N) is 1. The minimum Gasteiger partial charge on any atom is -0.455 e. The van der Waals surface area contributed by atoms with Crippen molar-refractivity contribution in [3.63, 3.8) is 0 Å². The van der Waals surface area contributed by atoms with Crippen LogP contribution in [0, 0.1) is 0 Å². The van der Waals surface area contributed by atoms with Crippen molar-refractivity contribution in [1.29, 1.82) is 0 Å². The van der Waals surface area contributed by atoms with E-state index in [0.29, 0.717) is 11.3 Å². The molecule has 0 saturated heterocycles. The van der Waals surface area contributed by atoms with Crippen molar-refractivity contribution in [1.82, 2.24) is 5.43 Å². The topological polar surface area (TPSA) is 54.6 Å². The van der Waals surface area contributed by atoms with E-state index in [9.17, 15) is 18.0 Å². The van der Waals surface area contributed by atoms with E-state index in [1.54, 1.807) is 12.1 Å². The van der Waals surface area contributed by atoms with E-state index >= 15 is 0 Å². The highest BCUT2D eigenvalue weighted by Gasteiger charge is 2.30. The second kappa shape index (κ2) is 7.90. The van der Waals surface area contributed by atoms with Crippen LogP contribution >= 0.6 is 0 Å². The summed E-state index contributed by atoms with van der Waals surface area (Å²) in [6.45, 7) is 0. The van der Waals surface area contributed by atoms with E-state index in [2.05, 4.69) is 10.5 Å². The number of alkyl halides is 3. The summed E-state index contributed by atoms with van der Waals surface area (Å²) in [6, 6.07) is 17.2. The second-order valence-corrected chi connectivity index (χ2v) is 5.74. The van der Waals surface area contributed by atoms with Crippen LogP contribution in [0.1, 0.15) is 16.9 Å². The van der Waals surface area contributed by atoms with Gasteiger partial charge in [-0.3, -0.25) is 4.79 Å². The summed E-state index contributed by atoms with van der Waals surface area (Å²) in [5.41, 5.74) is 2.79. The number of hydrogen-bond acceptors (Lipinski definition) is 3. The number of hydrogen-bond donors (Lipinski definition) is 1. The molecule has 1 amide bonds. The summed E-state index contributed by atoms with van der Waals surface area (Å²) < 4.78 is 43.9. The number of rotatable bonds is 5. The maximum atomic E-state index is 12.8. The van der Waals surface area contributed by atoms with E-state index in [1.165, 1.54) is 18.3 Å². The number of carbonyl (C=O) groups is 1. The number of benzene rings is 2. The lowest BCUT2D eigenvalue weighted by molar-refractivity contribution is -0.137. The van der Waals surface area contributed by atoms with Gasteiger partial charge >= 0.3 is 6.18 Å². The van der Waals surface area contributed by atoms with Crippen molar-refractivity contribution in [2.45, 2.75) is 12.6 Å². The van der Waals surface area contributed by atoms with Crippen molar-refractivity contribution < 1.29 is 22.4 Å². The lowest BCUT2D eigenvalue weighted by Gasteiger charge is -2.07. The molecule has 0 unspecified atom stereocenters. The zero-order valence-electron chi connectivity index (χ0n) is 14.0. The molecule has 0 fully saturated rings. The third-order valence-electron chi connectivity index (χ3n) is 3.69. The summed E-state index contributed by atoms with van der Waals surface area (Å²) in [5, 5.41) is 3.80. The van der Waals surface area contributed by atoms with Crippen LogP contribution in [-0.2, 0) is 17.4 Å². The Morgan fingerprint density at radius 3 is 2.56 bits per heavy atom. The third-order valence-corrected chi connectivity index (χ3v) is 3.69. The molecule has 0 atom stereocenters. The molecule has 0 aliphatic heterocycles. The number of amides is 1. The van der Waals surface area contributed by atoms with Gasteiger partial charge in [-0.15, -0.1) is 0 Å². The molecule has 4 nitrogen and oxygen atoms in total. The average Bonchev–Trinajstić information content (AvgIpc) is 3.11. The van der Waals surface area contributed by atoms with Gasteiger partial charge in [-0.25, -0.2) is 5.43 Å². The summed E-state index contributed by atoms with van der Waals surface area (Å²) in [5.74, 6) is 0.294. The van der Waals surface area contributed by atoms with Gasteiger partial charge in [-0.1, -0.05) is 42.5 Å². The van der Waals surface area contributed by atoms with Crippen LogP contribution in [0.2, 0.25) is 0 Å². The first-order valence-corrected chi connectivity index (χ1v) is 8.05. The fourth-order valence-corrected chi connectivity index (χ4v) is 2.41. The molecule has 3 aromatic rings. The molecule has 138 valence electrons. The predicted octanol–water partition coefficient (Wildman–Crippen LogP) is 4.66. The normalized spacial score (nSPS) is 11.7. The van der Waals surface area contributed by atoms with Crippen LogP contribution in [-0.4, -0.2) is 12.1 Å². The van der Waals surface area contributed by atoms with E-state index in [1.807, 2.05) is 30.3 Å². The van der Waals surface area contributed by atoms with Gasteiger partial charge in [-0.05, 0) is 29.8 Å². The average molecular weight is 372 g/mol. The number of halogens is 3. The van der Waals surface area contributed by atoms with Gasteiger partial charge in [0.25, 0.3) is 0 Å². The SMILES string of the molecule is O=C(Cc1ccccc1)N/N=C/c1ccc(-c2cccc(C(F)(F)F)c2)o1. The van der Waals surface area contributed by atoms with Crippen LogP contribution in [0.25, 0.3) is 11.3 Å². The largest absolute Gasteiger partial charge is 0.455 e. The van der Waals surface area contributed by atoms with E-state index in [0.717, 1.165) is 17.7 Å². The molecule has 7 heteroatoms. The number of carbonyl (C=O) groups excluding carboxylic acids is 1. The van der Waals surface area contributed by atoms with Crippen LogP contribution in [0.5, 0.6) is 0 Å². The molecule has 1 aromatic heterocycles. The zero-order valence-corrected chi connectivity index (χ0v) is 14.0. The molecule has 1 heterocycles. The summed E-state index contributed by atoms with van der Waals surface area (Å²) >= 11 is 0. The third kappa shape index (κ3) is 5.07. The molecule has 1 N–H and O–H groups in total. The van der Waals surface area contributed by atoms with E-state index in [4.69, 9.17) is 4.42 Å². The van der Waals surface area contributed by atoms with Crippen molar-refractivity contribution in [2.75, 3.05) is 0 Å². The molecule has 2 aromatic carbocycles. The zero-order chi connectivity index (χ0) is 19.3. The molecule has 0 spiro atoms. The Balaban J connectivity index is 1.62. The first kappa shape index (κ1) is 18.4. The molecule has 0 aliphatic carbocycles. The standard InChI is InChI=1S/C20H15F3N2O2/c21-20(22,23)16-8-4-7-15(12-16)18-10-9-17(27-18)13-24-25-19(26)11-14-5-2-1-3-6-14/h1-10,12-13H,11H2,(H,25,26)/b24-13+. The first-order chi connectivity index (χ1) is 12.9. The minimum atomic E-state index is -4.42. The Bertz CT molecular complexity index is 947. The van der Waals surface area contributed by atoms with Gasteiger partial charge in [0.05, 0.1) is 18.2 Å². The van der Waals surface area contributed by atoms with Crippen molar-refractivity contribution in [3.8, 4) is 11.3 Å². The lowest BCUT2D eigenvalue weighted by Crippen LogP contribution is -2.19. The minimum absolute atomic E-state index is 0.186. The molecule has 0 bridgehead atoms. The Hall–Kier alpha value is -3.35. The fourth-order valence-electron chi connectivity index (χ4n) is 2.41. The Morgan fingerprint density at radius 2 is 1.81 bits per heavy atom. The van der Waals surface area contributed by atoms with Gasteiger partial charge < -0.3 is 4.42 Å². The molecular formula is C20H15F3N2O2. The van der Waals surface area contributed by atoms with E-state index < -0.39 is 11.7 Å². The van der Waals surface area contributed by atoms with Crippen molar-refractivity contribution in [2.24, 2.45) is 5.10 Å². The van der Waals surface area contributed by atoms with Gasteiger partial charge in [-0.2, -0.15) is 18.3 Å². The maximum Gasteiger partial charge on any atom is 0.416 e. The first-order valence-electron chi connectivity index (χ1n) is 8.05. The summed E-state index contributed by atoms with van der Waals surface area (Å²) in [4.78, 5) is 11.8. The van der Waals surface area contributed by atoms with E-state index in [-0.39, 0.29) is 18.1 Å². The van der Waals surface area contributed by atoms with Gasteiger partial charge in [0.15, 0.2) is 0 Å². The molecular weight excluding hydrogens is 357 g/mol. The van der Waals surface area contributed by atoms with Gasteiger partial charge in [0.2, 0.25) is 5.91 Å². The molecule has 0 aliphatic rings. The Labute approximate surface area is 153 Å². The highest BCUT2D eigenvalue weighted by atomic mass is 19.4. The quantitative estimate of drug-likeness (QED) is 0.523. The molecule has 3 rings (SSSR count). The fraction of sp³-hybridized carbons (Fsp3) is 0.100. The predicted molar refractivity (Wildman–Crippen MR) is 95.0 cm³/mol. The highest BCUT2D eigenvalue weighted by Crippen LogP contribution is 2.32.